The summed E-state index contributed by atoms with van der Waals surface area (Å²) >= 11 is 3.43. The van der Waals surface area contributed by atoms with Crippen LogP contribution >= 0.6 is 23.4 Å². The van der Waals surface area contributed by atoms with E-state index in [9.17, 15) is 4.79 Å². The molecule has 0 saturated carbocycles. The van der Waals surface area contributed by atoms with E-state index in [-0.39, 0.29) is 5.91 Å². The summed E-state index contributed by atoms with van der Waals surface area (Å²) < 4.78 is 1.70. The van der Waals surface area contributed by atoms with Gasteiger partial charge in [0.05, 0.1) is 0 Å². The maximum atomic E-state index is 12.4. The molecular weight excluding hydrogens is 477 g/mol. The number of benzene rings is 3. The third-order valence-electron chi connectivity index (χ3n) is 6.04. The SMILES string of the molecule is CC(C)CN(Br)C(=O)CCCCC[PH](c1ccccc1)(c1ccccc1)c1ccccc1. The third kappa shape index (κ3) is 6.30. The van der Waals surface area contributed by atoms with Crippen LogP contribution in [0.3, 0.4) is 0 Å². The van der Waals surface area contributed by atoms with Crippen molar-refractivity contribution in [3.05, 3.63) is 91.0 Å². The zero-order chi connectivity index (χ0) is 22.8. The van der Waals surface area contributed by atoms with Gasteiger partial charge in [0, 0.05) is 0 Å². The van der Waals surface area contributed by atoms with Crippen LogP contribution in [0.4, 0.5) is 0 Å². The van der Waals surface area contributed by atoms with Crippen molar-refractivity contribution in [3.63, 3.8) is 0 Å². The first-order chi connectivity index (χ1) is 15.5. The molecule has 0 aliphatic heterocycles. The number of carbonyl (C=O) groups is 1. The van der Waals surface area contributed by atoms with Gasteiger partial charge in [-0.2, -0.15) is 0 Å². The van der Waals surface area contributed by atoms with Crippen LogP contribution in [0.5, 0.6) is 0 Å². The van der Waals surface area contributed by atoms with Gasteiger partial charge in [-0.3, -0.25) is 0 Å². The molecule has 1 amide bonds. The van der Waals surface area contributed by atoms with E-state index in [4.69, 9.17) is 0 Å². The molecule has 0 heterocycles. The second kappa shape index (κ2) is 12.3. The van der Waals surface area contributed by atoms with E-state index >= 15 is 0 Å². The predicted molar refractivity (Wildman–Crippen MR) is 145 cm³/mol. The van der Waals surface area contributed by atoms with Gasteiger partial charge >= 0.3 is 203 Å². The molecule has 0 radical (unpaired) electrons. The van der Waals surface area contributed by atoms with Crippen LogP contribution in [0, 0.1) is 5.92 Å². The summed E-state index contributed by atoms with van der Waals surface area (Å²) in [6.45, 7) is 5.01. The van der Waals surface area contributed by atoms with Crippen LogP contribution in [0.25, 0.3) is 0 Å². The molecule has 0 aliphatic rings. The number of carbonyl (C=O) groups excluding carboxylic acids is 1. The molecule has 0 saturated heterocycles. The van der Waals surface area contributed by atoms with Gasteiger partial charge in [0.25, 0.3) is 0 Å². The van der Waals surface area contributed by atoms with Gasteiger partial charge in [-0.15, -0.1) is 0 Å². The molecule has 32 heavy (non-hydrogen) atoms. The molecule has 4 heteroatoms. The normalized spacial score (nSPS) is 12.0. The van der Waals surface area contributed by atoms with E-state index in [0.29, 0.717) is 12.3 Å². The summed E-state index contributed by atoms with van der Waals surface area (Å²) in [5, 5.41) is 4.37. The molecule has 0 N–H and O–H groups in total. The third-order valence-corrected chi connectivity index (χ3v) is 11.8. The summed E-state index contributed by atoms with van der Waals surface area (Å²) in [5.41, 5.74) is 0. The summed E-state index contributed by atoms with van der Waals surface area (Å²) in [5.74, 6) is 0.656. The van der Waals surface area contributed by atoms with Gasteiger partial charge in [-0.25, -0.2) is 0 Å². The van der Waals surface area contributed by atoms with Crippen LogP contribution in [0.1, 0.15) is 39.5 Å². The van der Waals surface area contributed by atoms with E-state index in [2.05, 4.69) is 121 Å². The summed E-state index contributed by atoms with van der Waals surface area (Å²) in [7, 11) is -2.15. The quantitative estimate of drug-likeness (QED) is 0.174. The zero-order valence-electron chi connectivity index (χ0n) is 19.2. The van der Waals surface area contributed by atoms with Crippen molar-refractivity contribution >= 4 is 45.2 Å². The Morgan fingerprint density at radius 1 is 0.750 bits per heavy atom. The zero-order valence-corrected chi connectivity index (χ0v) is 21.8. The van der Waals surface area contributed by atoms with Crippen LogP contribution in [0.15, 0.2) is 91.0 Å². The van der Waals surface area contributed by atoms with Crippen molar-refractivity contribution in [2.24, 2.45) is 5.92 Å². The first-order valence-corrected chi connectivity index (χ1v) is 14.6. The Kier molecular flexibility index (Phi) is 9.51. The second-order valence-electron chi connectivity index (χ2n) is 8.90. The van der Waals surface area contributed by atoms with Crippen molar-refractivity contribution < 1.29 is 4.79 Å². The number of halogens is 1. The van der Waals surface area contributed by atoms with E-state index in [1.54, 1.807) is 3.93 Å². The molecule has 170 valence electrons. The number of unbranched alkanes of at least 4 members (excludes halogenated alkanes) is 2. The molecular formula is C28H35BrNOP. The van der Waals surface area contributed by atoms with E-state index in [1.165, 1.54) is 15.9 Å². The number of hydrogen-bond acceptors (Lipinski definition) is 1. The Morgan fingerprint density at radius 3 is 1.59 bits per heavy atom. The molecule has 3 rings (SSSR count). The van der Waals surface area contributed by atoms with Crippen molar-refractivity contribution in [2.45, 2.75) is 39.5 Å². The molecule has 2 nitrogen and oxygen atoms in total. The molecule has 0 spiro atoms. The summed E-state index contributed by atoms with van der Waals surface area (Å²) in [4.78, 5) is 12.4. The average molecular weight is 512 g/mol. The second-order valence-corrected chi connectivity index (χ2v) is 13.8. The van der Waals surface area contributed by atoms with Crippen molar-refractivity contribution in [1.82, 2.24) is 3.93 Å². The fourth-order valence-electron chi connectivity index (χ4n) is 4.49. The maximum absolute atomic E-state index is 12.4. The topological polar surface area (TPSA) is 20.3 Å². The summed E-state index contributed by atoms with van der Waals surface area (Å²) in [6.07, 6.45) is 4.86. The van der Waals surface area contributed by atoms with E-state index in [1.807, 2.05) is 0 Å². The molecule has 0 unspecified atom stereocenters. The van der Waals surface area contributed by atoms with Gasteiger partial charge < -0.3 is 0 Å². The minimum absolute atomic E-state index is 0.191. The standard InChI is InChI=1S/C28H35BrNOP/c1-24(2)23-30(29)28(31)21-13-6-14-22-32(25-15-7-3-8-16-25,26-17-9-4-10-18-26)27-19-11-5-12-20-27/h3-5,7-12,15-20,24,32H,6,13-14,21-23H2,1-2H3. The van der Waals surface area contributed by atoms with E-state index in [0.717, 1.165) is 32.0 Å². The van der Waals surface area contributed by atoms with Gasteiger partial charge in [0.15, 0.2) is 0 Å². The molecule has 0 atom stereocenters. The number of rotatable bonds is 11. The first kappa shape index (κ1) is 24.7. The Balaban J connectivity index is 1.79. The Hall–Kier alpha value is -1.96. The molecule has 0 bridgehead atoms. The Labute approximate surface area is 202 Å². The van der Waals surface area contributed by atoms with E-state index < -0.39 is 7.26 Å². The monoisotopic (exact) mass is 511 g/mol. The predicted octanol–water partition coefficient (Wildman–Crippen LogP) is 6.07. The average Bonchev–Trinajstić information content (AvgIpc) is 2.82. The molecule has 3 aromatic carbocycles. The number of nitrogens with zero attached hydrogens (tertiary/aromatic N) is 1. The van der Waals surface area contributed by atoms with Gasteiger partial charge in [0.1, 0.15) is 0 Å². The van der Waals surface area contributed by atoms with Gasteiger partial charge in [-0.1, -0.05) is 0 Å². The fraction of sp³-hybridized carbons (Fsp3) is 0.321. The van der Waals surface area contributed by atoms with Gasteiger partial charge in [0.2, 0.25) is 0 Å². The first-order valence-electron chi connectivity index (χ1n) is 11.7. The number of hydrogen-bond donors (Lipinski definition) is 0. The molecule has 0 aromatic heterocycles. The molecule has 0 fully saturated rings. The van der Waals surface area contributed by atoms with Crippen molar-refractivity contribution in [1.29, 1.82) is 0 Å². The van der Waals surface area contributed by atoms with Crippen LogP contribution < -0.4 is 15.9 Å². The van der Waals surface area contributed by atoms with Crippen LogP contribution in [0.2, 0.25) is 0 Å². The van der Waals surface area contributed by atoms with Crippen molar-refractivity contribution in [2.75, 3.05) is 12.7 Å². The minimum atomic E-state index is -2.15. The fourth-order valence-corrected chi connectivity index (χ4v) is 10.2. The van der Waals surface area contributed by atoms with Crippen LogP contribution in [-0.4, -0.2) is 22.5 Å². The van der Waals surface area contributed by atoms with Crippen LogP contribution in [-0.2, 0) is 4.79 Å². The number of amides is 1. The van der Waals surface area contributed by atoms with Crippen molar-refractivity contribution in [3.8, 4) is 0 Å². The molecule has 0 aliphatic carbocycles. The molecule has 3 aromatic rings. The van der Waals surface area contributed by atoms with Gasteiger partial charge in [-0.05, 0) is 0 Å². The Morgan fingerprint density at radius 2 is 1.19 bits per heavy atom. The summed E-state index contributed by atoms with van der Waals surface area (Å²) in [6, 6.07) is 33.2. The Bertz CT molecular complexity index is 850.